The molecule has 1 aromatic carbocycles. The Balaban J connectivity index is 2.24. The fourth-order valence-corrected chi connectivity index (χ4v) is 1.13. The van der Waals surface area contributed by atoms with Crippen molar-refractivity contribution in [2.75, 3.05) is 0 Å². The van der Waals surface area contributed by atoms with Crippen molar-refractivity contribution in [1.29, 1.82) is 0 Å². The van der Waals surface area contributed by atoms with Gasteiger partial charge >= 0.3 is 0 Å². The van der Waals surface area contributed by atoms with Crippen molar-refractivity contribution < 1.29 is 0 Å². The van der Waals surface area contributed by atoms with Crippen LogP contribution in [0.15, 0.2) is 42.5 Å². The predicted molar refractivity (Wildman–Crippen MR) is 53.9 cm³/mol. The van der Waals surface area contributed by atoms with Gasteiger partial charge in [-0.15, -0.1) is 0 Å². The van der Waals surface area contributed by atoms with Crippen molar-refractivity contribution in [3.05, 3.63) is 54.5 Å². The fraction of sp³-hybridized carbons (Fsp3) is 0.250. The van der Waals surface area contributed by atoms with E-state index in [-0.39, 0.29) is 0 Å². The summed E-state index contributed by atoms with van der Waals surface area (Å²) in [6, 6.07) is 10.6. The fourth-order valence-electron chi connectivity index (χ4n) is 1.13. The number of hydrogen-bond donors (Lipinski definition) is 0. The molecule has 0 atom stereocenters. The highest BCUT2D eigenvalue weighted by Crippen LogP contribution is 2.03. The van der Waals surface area contributed by atoms with E-state index in [2.05, 4.69) is 48.9 Å². The molecule has 0 unspecified atom stereocenters. The van der Waals surface area contributed by atoms with Crippen molar-refractivity contribution in [2.24, 2.45) is 0 Å². The maximum absolute atomic E-state index is 2.20. The lowest BCUT2D eigenvalue weighted by Crippen LogP contribution is -1.83. The van der Waals surface area contributed by atoms with E-state index in [1.807, 2.05) is 6.92 Å². The molecule has 0 nitrogen and oxygen atoms in total. The molecule has 1 rings (SSSR count). The zero-order valence-corrected chi connectivity index (χ0v) is 7.53. The minimum Gasteiger partial charge on any atom is -0.0622 e. The highest BCUT2D eigenvalue weighted by molar-refractivity contribution is 5.15. The summed E-state index contributed by atoms with van der Waals surface area (Å²) in [7, 11) is 0. The van der Waals surface area contributed by atoms with Crippen molar-refractivity contribution in [3.8, 4) is 0 Å². The third kappa shape index (κ3) is 3.29. The highest BCUT2D eigenvalue weighted by atomic mass is 13.9. The standard InChI is InChI=1S/C12H15/c1-2-3-4-6-9-12-10-7-5-8-11-12/h2-5,7-8,10-11H,6,9H2,1H3/q+1/b3-2-. The number of rotatable bonds is 4. The average Bonchev–Trinajstić information content (AvgIpc) is 2.14. The van der Waals surface area contributed by atoms with Crippen LogP contribution in [-0.4, -0.2) is 0 Å². The monoisotopic (exact) mass is 159 g/mol. The van der Waals surface area contributed by atoms with Gasteiger partial charge in [0.15, 0.2) is 0 Å². The molecule has 0 radical (unpaired) electrons. The van der Waals surface area contributed by atoms with E-state index in [1.165, 1.54) is 5.56 Å². The van der Waals surface area contributed by atoms with Crippen LogP contribution in [0.1, 0.15) is 18.9 Å². The molecule has 0 heterocycles. The first-order valence-corrected chi connectivity index (χ1v) is 4.42. The number of hydrogen-bond acceptors (Lipinski definition) is 0. The lowest BCUT2D eigenvalue weighted by atomic mass is 10.1. The molecule has 0 aliphatic heterocycles. The Labute approximate surface area is 74.9 Å². The summed E-state index contributed by atoms with van der Waals surface area (Å²) in [6.07, 6.45) is 8.64. The van der Waals surface area contributed by atoms with Crippen molar-refractivity contribution in [1.82, 2.24) is 0 Å². The second-order valence-corrected chi connectivity index (χ2v) is 2.79. The van der Waals surface area contributed by atoms with E-state index in [9.17, 15) is 0 Å². The summed E-state index contributed by atoms with van der Waals surface area (Å²) >= 11 is 0. The lowest BCUT2D eigenvalue weighted by molar-refractivity contribution is 0.961. The van der Waals surface area contributed by atoms with E-state index in [0.717, 1.165) is 12.8 Å². The van der Waals surface area contributed by atoms with Gasteiger partial charge in [0.05, 0.1) is 6.08 Å². The lowest BCUT2D eigenvalue weighted by Gasteiger charge is -1.94. The van der Waals surface area contributed by atoms with E-state index in [4.69, 9.17) is 0 Å². The summed E-state index contributed by atoms with van der Waals surface area (Å²) < 4.78 is 0. The zero-order chi connectivity index (χ0) is 8.65. The summed E-state index contributed by atoms with van der Waals surface area (Å²) in [5.41, 5.74) is 1.42. The number of aryl methyl sites for hydroxylation is 1. The van der Waals surface area contributed by atoms with Gasteiger partial charge < -0.3 is 0 Å². The number of benzene rings is 1. The summed E-state index contributed by atoms with van der Waals surface area (Å²) in [4.78, 5) is 0. The van der Waals surface area contributed by atoms with Gasteiger partial charge in [0.2, 0.25) is 0 Å². The quantitative estimate of drug-likeness (QED) is 0.466. The van der Waals surface area contributed by atoms with Crippen LogP contribution < -0.4 is 0 Å². The zero-order valence-electron chi connectivity index (χ0n) is 7.53. The van der Waals surface area contributed by atoms with Crippen LogP contribution in [0, 0.1) is 6.42 Å². The molecule has 0 amide bonds. The van der Waals surface area contributed by atoms with Crippen molar-refractivity contribution in [2.45, 2.75) is 19.8 Å². The Kier molecular flexibility index (Phi) is 4.07. The van der Waals surface area contributed by atoms with Gasteiger partial charge in [-0.25, -0.2) is 0 Å². The molecule has 0 fully saturated rings. The summed E-state index contributed by atoms with van der Waals surface area (Å²) in [5.74, 6) is 0. The smallest absolute Gasteiger partial charge is 0.0622 e. The van der Waals surface area contributed by atoms with Crippen LogP contribution in [0.3, 0.4) is 0 Å². The first kappa shape index (κ1) is 8.92. The van der Waals surface area contributed by atoms with Crippen LogP contribution in [0.25, 0.3) is 0 Å². The van der Waals surface area contributed by atoms with E-state index in [1.54, 1.807) is 0 Å². The van der Waals surface area contributed by atoms with E-state index >= 15 is 0 Å². The molecule has 0 bridgehead atoms. The van der Waals surface area contributed by atoms with Gasteiger partial charge in [0.25, 0.3) is 0 Å². The summed E-state index contributed by atoms with van der Waals surface area (Å²) in [5, 5.41) is 0. The number of allylic oxidation sites excluding steroid dienone is 2. The molecule has 0 spiro atoms. The Morgan fingerprint density at radius 2 is 2.00 bits per heavy atom. The average molecular weight is 159 g/mol. The maximum Gasteiger partial charge on any atom is 0.0890 e. The van der Waals surface area contributed by atoms with Crippen LogP contribution >= 0.6 is 0 Å². The Morgan fingerprint density at radius 3 is 2.67 bits per heavy atom. The molecule has 0 saturated heterocycles. The number of unbranched alkanes of at least 4 members (excludes halogenated alkanes) is 1. The third-order valence-electron chi connectivity index (χ3n) is 1.77. The third-order valence-corrected chi connectivity index (χ3v) is 1.77. The predicted octanol–water partition coefficient (Wildman–Crippen LogP) is 3.40. The molecular weight excluding hydrogens is 144 g/mol. The van der Waals surface area contributed by atoms with Gasteiger partial charge in [-0.2, -0.15) is 0 Å². The minimum absolute atomic E-state index is 1.13. The van der Waals surface area contributed by atoms with Crippen LogP contribution in [0.2, 0.25) is 0 Å². The van der Waals surface area contributed by atoms with Crippen molar-refractivity contribution >= 4 is 0 Å². The molecule has 1 aromatic rings. The molecule has 0 N–H and O–H groups in total. The molecule has 0 aliphatic rings. The molecule has 0 saturated carbocycles. The van der Waals surface area contributed by atoms with Gasteiger partial charge in [-0.05, 0) is 12.0 Å². The Hall–Kier alpha value is -1.17. The minimum atomic E-state index is 1.13. The molecule has 12 heavy (non-hydrogen) atoms. The normalized spacial score (nSPS) is 10.4. The molecule has 62 valence electrons. The van der Waals surface area contributed by atoms with E-state index < -0.39 is 0 Å². The second-order valence-electron chi connectivity index (χ2n) is 2.79. The van der Waals surface area contributed by atoms with E-state index in [0.29, 0.717) is 0 Å². The van der Waals surface area contributed by atoms with Crippen molar-refractivity contribution in [3.63, 3.8) is 0 Å². The largest absolute Gasteiger partial charge is 0.0890 e. The SMILES string of the molecule is C/C=C\[CH+]CCc1ccccc1. The second kappa shape index (κ2) is 5.48. The van der Waals surface area contributed by atoms with Gasteiger partial charge in [0, 0.05) is 25.8 Å². The Morgan fingerprint density at radius 1 is 1.25 bits per heavy atom. The topological polar surface area (TPSA) is 0 Å². The molecule has 0 aliphatic carbocycles. The highest BCUT2D eigenvalue weighted by Gasteiger charge is 1.92. The van der Waals surface area contributed by atoms with Crippen LogP contribution in [0.5, 0.6) is 0 Å². The first-order valence-electron chi connectivity index (χ1n) is 4.42. The summed E-state index contributed by atoms with van der Waals surface area (Å²) in [6.45, 7) is 2.04. The first-order chi connectivity index (χ1) is 5.93. The Bertz CT molecular complexity index is 221. The molecular formula is C12H15+. The van der Waals surface area contributed by atoms with Crippen LogP contribution in [0.4, 0.5) is 0 Å². The van der Waals surface area contributed by atoms with Gasteiger partial charge in [-0.1, -0.05) is 30.3 Å². The van der Waals surface area contributed by atoms with Gasteiger partial charge in [0.1, 0.15) is 0 Å². The van der Waals surface area contributed by atoms with Gasteiger partial charge in [-0.3, -0.25) is 0 Å². The maximum atomic E-state index is 2.20. The van der Waals surface area contributed by atoms with Crippen LogP contribution in [-0.2, 0) is 6.42 Å². The molecule has 0 heteroatoms. The molecule has 0 aromatic heterocycles.